The molecule has 6 nitrogen and oxygen atoms in total. The van der Waals surface area contributed by atoms with E-state index in [0.29, 0.717) is 32.4 Å². The molecule has 1 unspecified atom stereocenters. The maximum Gasteiger partial charge on any atom is 0.329 e. The van der Waals surface area contributed by atoms with Crippen LogP contribution in [-0.2, 0) is 20.7 Å². The Bertz CT molecular complexity index is 616. The van der Waals surface area contributed by atoms with Gasteiger partial charge in [0.2, 0.25) is 5.91 Å². The lowest BCUT2D eigenvalue weighted by molar-refractivity contribution is -0.142. The highest BCUT2D eigenvalue weighted by molar-refractivity contribution is 5.77. The zero-order valence-corrected chi connectivity index (χ0v) is 15.6. The van der Waals surface area contributed by atoms with Crippen molar-refractivity contribution in [1.29, 1.82) is 0 Å². The predicted molar refractivity (Wildman–Crippen MR) is 102 cm³/mol. The molecule has 1 amide bonds. The Kier molecular flexibility index (Phi) is 9.01. The molecule has 0 aromatic heterocycles. The summed E-state index contributed by atoms with van der Waals surface area (Å²) in [6, 6.07) is 9.83. The van der Waals surface area contributed by atoms with Crippen molar-refractivity contribution >= 4 is 11.9 Å². The van der Waals surface area contributed by atoms with Gasteiger partial charge in [-0.3, -0.25) is 4.79 Å². The summed E-state index contributed by atoms with van der Waals surface area (Å²) in [6.07, 6.45) is 7.52. The molecule has 2 rings (SSSR count). The fourth-order valence-corrected chi connectivity index (χ4v) is 3.26. The van der Waals surface area contributed by atoms with Crippen molar-refractivity contribution < 1.29 is 24.5 Å². The molecule has 27 heavy (non-hydrogen) atoms. The average molecular weight is 375 g/mol. The van der Waals surface area contributed by atoms with E-state index in [1.165, 1.54) is 0 Å². The number of rotatable bonds is 11. The number of benzene rings is 1. The van der Waals surface area contributed by atoms with E-state index in [4.69, 9.17) is 9.84 Å². The number of hydrogen-bond donors (Lipinski definition) is 2. The summed E-state index contributed by atoms with van der Waals surface area (Å²) in [5.74, 6) is -0.833. The zero-order valence-electron chi connectivity index (χ0n) is 15.6. The summed E-state index contributed by atoms with van der Waals surface area (Å²) in [5.41, 5.74) is 1.08. The van der Waals surface area contributed by atoms with Crippen molar-refractivity contribution in [3.05, 3.63) is 48.0 Å². The van der Waals surface area contributed by atoms with Gasteiger partial charge in [-0.25, -0.2) is 4.79 Å². The van der Waals surface area contributed by atoms with Gasteiger partial charge in [0.15, 0.2) is 0 Å². The number of aliphatic hydroxyl groups excluding tert-OH is 1. The van der Waals surface area contributed by atoms with Gasteiger partial charge in [-0.2, -0.15) is 0 Å². The number of carboxylic acids is 1. The van der Waals surface area contributed by atoms with Gasteiger partial charge in [0.25, 0.3) is 0 Å². The zero-order chi connectivity index (χ0) is 19.5. The minimum atomic E-state index is -0.972. The van der Waals surface area contributed by atoms with Gasteiger partial charge < -0.3 is 19.8 Å². The van der Waals surface area contributed by atoms with Gasteiger partial charge >= 0.3 is 5.97 Å². The third-order valence-corrected chi connectivity index (χ3v) is 4.62. The minimum Gasteiger partial charge on any atom is -0.480 e. The van der Waals surface area contributed by atoms with Crippen molar-refractivity contribution in [2.75, 3.05) is 19.8 Å². The van der Waals surface area contributed by atoms with Crippen molar-refractivity contribution in [3.63, 3.8) is 0 Å². The molecule has 0 aliphatic carbocycles. The number of carboxylic acid groups (broad SMARTS) is 1. The van der Waals surface area contributed by atoms with Crippen LogP contribution in [0.3, 0.4) is 0 Å². The molecule has 1 aliphatic rings. The molecule has 1 fully saturated rings. The van der Waals surface area contributed by atoms with E-state index in [0.717, 1.165) is 24.8 Å². The number of unbranched alkanes of at least 4 members (excludes halogenated alkanes) is 1. The van der Waals surface area contributed by atoms with Gasteiger partial charge in [0, 0.05) is 26.0 Å². The first-order valence-electron chi connectivity index (χ1n) is 9.55. The number of hydrogen-bond acceptors (Lipinski definition) is 4. The van der Waals surface area contributed by atoms with Crippen LogP contribution in [0.5, 0.6) is 0 Å². The first-order chi connectivity index (χ1) is 13.1. The molecule has 0 radical (unpaired) electrons. The summed E-state index contributed by atoms with van der Waals surface area (Å²) in [6.45, 7) is 0.719. The Labute approximate surface area is 160 Å². The maximum absolute atomic E-state index is 12.3. The normalized spacial score (nSPS) is 18.8. The molecule has 1 aromatic carbocycles. The number of ether oxygens (including phenoxy) is 1. The van der Waals surface area contributed by atoms with E-state index in [1.807, 2.05) is 41.3 Å². The third-order valence-electron chi connectivity index (χ3n) is 4.62. The van der Waals surface area contributed by atoms with Crippen LogP contribution in [0.15, 0.2) is 42.5 Å². The number of amides is 1. The third kappa shape index (κ3) is 7.93. The molecule has 1 aliphatic heterocycles. The Morgan fingerprint density at radius 1 is 1.30 bits per heavy atom. The molecule has 6 heteroatoms. The van der Waals surface area contributed by atoms with Crippen LogP contribution in [0.25, 0.3) is 0 Å². The highest BCUT2D eigenvalue weighted by atomic mass is 16.5. The number of nitrogens with zero attached hydrogens (tertiary/aromatic N) is 1. The molecule has 1 saturated heterocycles. The fraction of sp³-hybridized carbons (Fsp3) is 0.524. The van der Waals surface area contributed by atoms with E-state index in [-0.39, 0.29) is 18.6 Å². The topological polar surface area (TPSA) is 87.1 Å². The van der Waals surface area contributed by atoms with Crippen LogP contribution >= 0.6 is 0 Å². The number of carbonyl (C=O) groups is 2. The Balaban J connectivity index is 1.79. The van der Waals surface area contributed by atoms with Gasteiger partial charge in [-0.1, -0.05) is 42.5 Å². The van der Waals surface area contributed by atoms with Gasteiger partial charge in [0.05, 0.1) is 12.1 Å². The van der Waals surface area contributed by atoms with Crippen molar-refractivity contribution in [2.24, 2.45) is 0 Å². The maximum atomic E-state index is 12.3. The van der Waals surface area contributed by atoms with E-state index >= 15 is 0 Å². The number of carbonyl (C=O) groups excluding carboxylic acids is 1. The van der Waals surface area contributed by atoms with Crippen LogP contribution in [0.4, 0.5) is 0 Å². The molecule has 1 heterocycles. The Hall–Kier alpha value is -2.18. The second-order valence-corrected chi connectivity index (χ2v) is 6.84. The van der Waals surface area contributed by atoms with Crippen LogP contribution in [0.2, 0.25) is 0 Å². The van der Waals surface area contributed by atoms with Crippen LogP contribution < -0.4 is 0 Å². The molecule has 0 bridgehead atoms. The van der Waals surface area contributed by atoms with Crippen molar-refractivity contribution in [2.45, 2.75) is 50.7 Å². The van der Waals surface area contributed by atoms with E-state index in [9.17, 15) is 14.7 Å². The van der Waals surface area contributed by atoms with Gasteiger partial charge in [0.1, 0.15) is 6.61 Å². The number of piperidine rings is 1. The summed E-state index contributed by atoms with van der Waals surface area (Å²) in [5, 5.41) is 18.8. The smallest absolute Gasteiger partial charge is 0.329 e. The summed E-state index contributed by atoms with van der Waals surface area (Å²) < 4.78 is 5.02. The second kappa shape index (κ2) is 11.5. The lowest BCUT2D eigenvalue weighted by Crippen LogP contribution is -2.43. The van der Waals surface area contributed by atoms with Crippen molar-refractivity contribution in [3.8, 4) is 0 Å². The lowest BCUT2D eigenvalue weighted by Gasteiger charge is -2.34. The molecule has 0 saturated carbocycles. The molecule has 1 aromatic rings. The van der Waals surface area contributed by atoms with E-state index in [2.05, 4.69) is 0 Å². The Morgan fingerprint density at radius 3 is 2.81 bits per heavy atom. The number of likely N-dealkylation sites (tertiary alicyclic amines) is 1. The first kappa shape index (κ1) is 21.1. The quantitative estimate of drug-likeness (QED) is 0.458. The molecule has 2 atom stereocenters. The van der Waals surface area contributed by atoms with Crippen LogP contribution in [0.1, 0.15) is 37.7 Å². The highest BCUT2D eigenvalue weighted by Gasteiger charge is 2.25. The lowest BCUT2D eigenvalue weighted by atomic mass is 9.99. The SMILES string of the molecule is O=C(O)COCCCCN1C(=O)CCCC1/C=C/[C@H](O)Cc1ccccc1. The molecule has 148 valence electrons. The predicted octanol–water partition coefficient (Wildman–Crippen LogP) is 2.41. The van der Waals surface area contributed by atoms with Crippen molar-refractivity contribution in [1.82, 2.24) is 4.90 Å². The second-order valence-electron chi connectivity index (χ2n) is 6.84. The Morgan fingerprint density at radius 2 is 2.07 bits per heavy atom. The van der Waals surface area contributed by atoms with Crippen LogP contribution in [0, 0.1) is 0 Å². The largest absolute Gasteiger partial charge is 0.480 e. The minimum absolute atomic E-state index is 0.0108. The number of aliphatic hydroxyl groups is 1. The van der Waals surface area contributed by atoms with Gasteiger partial charge in [-0.05, 0) is 31.2 Å². The monoisotopic (exact) mass is 375 g/mol. The molecule has 0 spiro atoms. The molecular formula is C21H29NO5. The molecular weight excluding hydrogens is 346 g/mol. The first-order valence-corrected chi connectivity index (χ1v) is 9.55. The summed E-state index contributed by atoms with van der Waals surface area (Å²) in [7, 11) is 0. The summed E-state index contributed by atoms with van der Waals surface area (Å²) >= 11 is 0. The standard InChI is InChI=1S/C21H29NO5/c23-19(15-17-7-2-1-3-8-17)12-11-18-9-6-10-20(24)22(18)13-4-5-14-27-16-21(25)26/h1-3,7-8,11-12,18-19,23H,4-6,9-10,13-16H2,(H,25,26)/b12-11+/t18?,19-/m0/s1. The number of aliphatic carboxylic acids is 1. The average Bonchev–Trinajstić information content (AvgIpc) is 2.65. The van der Waals surface area contributed by atoms with Crippen LogP contribution in [-0.4, -0.2) is 58.9 Å². The fourth-order valence-electron chi connectivity index (χ4n) is 3.26. The van der Waals surface area contributed by atoms with E-state index in [1.54, 1.807) is 6.08 Å². The summed E-state index contributed by atoms with van der Waals surface area (Å²) in [4.78, 5) is 24.5. The van der Waals surface area contributed by atoms with E-state index < -0.39 is 12.1 Å². The molecule has 2 N–H and O–H groups in total. The highest BCUT2D eigenvalue weighted by Crippen LogP contribution is 2.20. The van der Waals surface area contributed by atoms with Gasteiger partial charge in [-0.15, -0.1) is 0 Å².